The largest absolute Gasteiger partial charge is 2.00 e. The van der Waals surface area contributed by atoms with E-state index >= 15 is 0 Å². The quantitative estimate of drug-likeness (QED) is 0.247. The minimum Gasteiger partial charge on any atom is -1.00 e. The number of unbranched alkanes of at least 4 members (excludes halogenated alkanes) is 8. The molecule has 0 saturated heterocycles. The van der Waals surface area contributed by atoms with Crippen LogP contribution >= 0.6 is 0 Å². The summed E-state index contributed by atoms with van der Waals surface area (Å²) >= 11 is 0. The van der Waals surface area contributed by atoms with Gasteiger partial charge in [0.2, 0.25) is 0 Å². The minimum absolute atomic E-state index is 0. The first-order chi connectivity index (χ1) is 5.91. The molecule has 0 rings (SSSR count). The Hall–Kier alpha value is 0.616. The van der Waals surface area contributed by atoms with Crippen LogP contribution in [0, 0.1) is 12.3 Å². The Morgan fingerprint density at radius 1 is 0.857 bits per heavy atom. The Kier molecular flexibility index (Phi) is 27.6. The third kappa shape index (κ3) is 18.4. The molecule has 0 atom stereocenters. The van der Waals surface area contributed by atoms with Crippen LogP contribution in [-0.4, -0.2) is 23.1 Å². The van der Waals surface area contributed by atoms with Crippen LogP contribution < -0.4 is 12.4 Å². The second-order valence-corrected chi connectivity index (χ2v) is 3.40. The van der Waals surface area contributed by atoms with Crippen molar-refractivity contribution in [3.63, 3.8) is 0 Å². The second kappa shape index (κ2) is 19.2. The molecule has 0 aromatic heterocycles. The van der Waals surface area contributed by atoms with Crippen molar-refractivity contribution in [1.82, 2.24) is 0 Å². The van der Waals surface area contributed by atoms with Crippen molar-refractivity contribution in [3.8, 4) is 5.92 Å². The van der Waals surface area contributed by atoms with E-state index in [0.29, 0.717) is 0 Å². The third-order valence-electron chi connectivity index (χ3n) is 2.16. The second-order valence-electron chi connectivity index (χ2n) is 3.40. The van der Waals surface area contributed by atoms with Gasteiger partial charge >= 0.3 is 23.1 Å². The van der Waals surface area contributed by atoms with E-state index in [1.807, 2.05) is 0 Å². The van der Waals surface area contributed by atoms with Crippen molar-refractivity contribution >= 4 is 23.1 Å². The Balaban J connectivity index is -0.000000605. The first kappa shape index (κ1) is 20.1. The van der Waals surface area contributed by atoms with E-state index in [9.17, 15) is 0 Å². The topological polar surface area (TPSA) is 0 Å². The van der Waals surface area contributed by atoms with Crippen LogP contribution in [0.15, 0.2) is 0 Å². The zero-order valence-electron chi connectivity index (χ0n) is 9.45. The van der Waals surface area contributed by atoms with E-state index in [1.165, 1.54) is 44.9 Å². The van der Waals surface area contributed by atoms with Crippen molar-refractivity contribution < 1.29 is 12.4 Å². The molecule has 2 heteroatoms. The molecule has 0 aromatic rings. The Morgan fingerprint density at radius 3 is 1.71 bits per heavy atom. The molecule has 0 fully saturated rings. The molecule has 0 amide bonds. The van der Waals surface area contributed by atoms with Crippen LogP contribution in [-0.2, 0) is 0 Å². The molecule has 0 unspecified atom stereocenters. The predicted octanol–water partition coefficient (Wildman–Crippen LogP) is 0.730. The van der Waals surface area contributed by atoms with Gasteiger partial charge < -0.3 is 24.8 Å². The molecule has 0 aliphatic carbocycles. The summed E-state index contributed by atoms with van der Waals surface area (Å²) in [5.41, 5.74) is 0. The predicted molar refractivity (Wildman–Crippen MR) is 60.1 cm³/mol. The molecule has 0 heterocycles. The summed E-state index contributed by atoms with van der Waals surface area (Å²) in [7, 11) is 0. The van der Waals surface area contributed by atoms with Gasteiger partial charge in [-0.25, -0.2) is 0 Å². The van der Waals surface area contributed by atoms with Crippen molar-refractivity contribution in [2.45, 2.75) is 64.7 Å². The fourth-order valence-corrected chi connectivity index (χ4v) is 1.35. The van der Waals surface area contributed by atoms with Crippen LogP contribution in [0.1, 0.15) is 64.7 Å². The molecule has 0 bridgehead atoms. The first-order valence-electron chi connectivity index (χ1n) is 5.31. The smallest absolute Gasteiger partial charge is 1.00 e. The van der Waals surface area contributed by atoms with Gasteiger partial charge in [-0.3, -0.25) is 0 Å². The van der Waals surface area contributed by atoms with Crippen molar-refractivity contribution in [2.24, 2.45) is 0 Å². The van der Waals surface area contributed by atoms with Crippen LogP contribution in [0.25, 0.3) is 0 Å². The molecular weight excluding hydrogens is 204 g/mol. The normalized spacial score (nSPS) is 8.29. The van der Waals surface area contributed by atoms with Crippen molar-refractivity contribution in [2.75, 3.05) is 0 Å². The summed E-state index contributed by atoms with van der Waals surface area (Å²) < 4.78 is 0. The van der Waals surface area contributed by atoms with Gasteiger partial charge in [-0.1, -0.05) is 51.9 Å². The van der Waals surface area contributed by atoms with Gasteiger partial charge in [0, 0.05) is 0 Å². The molecule has 78 valence electrons. The zero-order valence-corrected chi connectivity index (χ0v) is 11.6. The summed E-state index contributed by atoms with van der Waals surface area (Å²) in [5, 5.41) is 0. The molecule has 0 radical (unpaired) electrons. The average molecular weight is 225 g/mol. The van der Waals surface area contributed by atoms with Gasteiger partial charge in [0.15, 0.2) is 0 Å². The van der Waals surface area contributed by atoms with E-state index in [0.717, 1.165) is 12.8 Å². The number of halogens is 1. The Bertz CT molecular complexity index is 118. The summed E-state index contributed by atoms with van der Waals surface area (Å²) in [6, 6.07) is 0. The van der Waals surface area contributed by atoms with E-state index in [-0.39, 0.29) is 35.5 Å². The fourth-order valence-electron chi connectivity index (χ4n) is 1.35. The molecule has 0 aliphatic heterocycles. The fraction of sp³-hybridized carbons (Fsp3) is 0.833. The van der Waals surface area contributed by atoms with Gasteiger partial charge in [0.1, 0.15) is 0 Å². The number of hydrogen-bond acceptors (Lipinski definition) is 0. The summed E-state index contributed by atoms with van der Waals surface area (Å²) in [5.74, 6) is 2.43. The van der Waals surface area contributed by atoms with E-state index in [2.05, 4.69) is 12.8 Å². The molecule has 0 aliphatic rings. The van der Waals surface area contributed by atoms with Gasteiger partial charge in [-0.05, 0) is 12.8 Å². The minimum atomic E-state index is 0. The van der Waals surface area contributed by atoms with E-state index in [1.54, 1.807) is 0 Å². The maximum absolute atomic E-state index is 6.72. The maximum atomic E-state index is 6.72. The van der Waals surface area contributed by atoms with Gasteiger partial charge in [-0.15, -0.1) is 0 Å². The van der Waals surface area contributed by atoms with Gasteiger partial charge in [-0.2, -0.15) is 0 Å². The monoisotopic (exact) mass is 224 g/mol. The standard InChI is InChI=1S/C12H21.ClH.Mg/c1-3-5-7-9-11-12-10-8-6-4-2;;/h3,5-12H2,1H3;1H;/q-1;;+2/p-1. The third-order valence-corrected chi connectivity index (χ3v) is 2.16. The molecule has 0 N–H and O–H groups in total. The Labute approximate surface area is 112 Å². The molecule has 0 nitrogen and oxygen atoms in total. The van der Waals surface area contributed by atoms with Crippen LogP contribution in [0.4, 0.5) is 0 Å². The Morgan fingerprint density at radius 2 is 1.29 bits per heavy atom. The van der Waals surface area contributed by atoms with Gasteiger partial charge in [0.25, 0.3) is 0 Å². The van der Waals surface area contributed by atoms with Crippen LogP contribution in [0.2, 0.25) is 0 Å². The van der Waals surface area contributed by atoms with Crippen molar-refractivity contribution in [1.29, 1.82) is 0 Å². The SMILES string of the molecule is [C-]#CCCCCCCCCCC.[Cl-].[Mg+2]. The molecular formula is C12H21ClMg. The first-order valence-corrected chi connectivity index (χ1v) is 5.31. The molecule has 0 aromatic carbocycles. The van der Waals surface area contributed by atoms with E-state index in [4.69, 9.17) is 6.42 Å². The summed E-state index contributed by atoms with van der Waals surface area (Å²) in [6.07, 6.45) is 18.3. The maximum Gasteiger partial charge on any atom is 2.00 e. The summed E-state index contributed by atoms with van der Waals surface area (Å²) in [6.45, 7) is 2.25. The molecule has 0 spiro atoms. The number of rotatable bonds is 8. The van der Waals surface area contributed by atoms with E-state index < -0.39 is 0 Å². The average Bonchev–Trinajstić information content (AvgIpc) is 2.10. The molecule has 0 saturated carbocycles. The summed E-state index contributed by atoms with van der Waals surface area (Å²) in [4.78, 5) is 0. The number of hydrogen-bond donors (Lipinski definition) is 0. The zero-order chi connectivity index (χ0) is 9.07. The van der Waals surface area contributed by atoms with Crippen molar-refractivity contribution in [3.05, 3.63) is 6.42 Å². The van der Waals surface area contributed by atoms with Crippen LogP contribution in [0.3, 0.4) is 0 Å². The van der Waals surface area contributed by atoms with Crippen LogP contribution in [0.5, 0.6) is 0 Å². The van der Waals surface area contributed by atoms with Gasteiger partial charge in [0.05, 0.1) is 0 Å². The molecule has 14 heavy (non-hydrogen) atoms.